The molecule has 2 aromatic carbocycles. The highest BCUT2D eigenvalue weighted by atomic mass is 32.2. The Balaban J connectivity index is 1.22. The Morgan fingerprint density at radius 3 is 2.52 bits per heavy atom. The zero-order chi connectivity index (χ0) is 21.2. The summed E-state index contributed by atoms with van der Waals surface area (Å²) in [7, 11) is 0. The molecule has 1 amide bonds. The Labute approximate surface area is 189 Å². The number of nitrogens with zero attached hydrogens (tertiary/aromatic N) is 5. The van der Waals surface area contributed by atoms with Gasteiger partial charge in [0.15, 0.2) is 0 Å². The highest BCUT2D eigenvalue weighted by Crippen LogP contribution is 2.23. The van der Waals surface area contributed by atoms with Crippen LogP contribution in [0.3, 0.4) is 0 Å². The van der Waals surface area contributed by atoms with Crippen LogP contribution in [0.15, 0.2) is 48.5 Å². The van der Waals surface area contributed by atoms with Crippen molar-refractivity contribution in [3.8, 4) is 0 Å². The molecule has 4 aromatic rings. The average molecular weight is 452 g/mol. The van der Waals surface area contributed by atoms with E-state index in [0.717, 1.165) is 65.9 Å². The lowest BCUT2D eigenvalue weighted by Gasteiger charge is -2.34. The summed E-state index contributed by atoms with van der Waals surface area (Å²) >= 11 is 3.49. The van der Waals surface area contributed by atoms with Crippen LogP contribution in [-0.2, 0) is 23.6 Å². The van der Waals surface area contributed by atoms with Gasteiger partial charge >= 0.3 is 0 Å². The van der Waals surface area contributed by atoms with Crippen LogP contribution in [0.5, 0.6) is 0 Å². The van der Waals surface area contributed by atoms with E-state index in [0.29, 0.717) is 6.54 Å². The van der Waals surface area contributed by atoms with Crippen LogP contribution in [0.25, 0.3) is 21.3 Å². The van der Waals surface area contributed by atoms with Crippen LogP contribution in [-0.4, -0.2) is 62.7 Å². The molecule has 5 rings (SSSR count). The van der Waals surface area contributed by atoms with E-state index in [4.69, 9.17) is 9.97 Å². The number of amides is 1. The number of carbonyl (C=O) groups excluding carboxylic acids is 1. The number of thiazole rings is 1. The molecule has 8 heteroatoms. The third-order valence-electron chi connectivity index (χ3n) is 5.72. The predicted molar refractivity (Wildman–Crippen MR) is 128 cm³/mol. The monoisotopic (exact) mass is 451 g/mol. The van der Waals surface area contributed by atoms with Crippen molar-refractivity contribution in [2.45, 2.75) is 18.8 Å². The minimum absolute atomic E-state index is 0.171. The Kier molecular flexibility index (Phi) is 5.93. The van der Waals surface area contributed by atoms with Crippen LogP contribution >= 0.6 is 23.1 Å². The molecule has 31 heavy (non-hydrogen) atoms. The van der Waals surface area contributed by atoms with Gasteiger partial charge in [-0.05, 0) is 30.5 Å². The number of fused-ring (bicyclic) bond motifs is 2. The maximum atomic E-state index is 13.1. The molecule has 0 N–H and O–H groups in total. The van der Waals surface area contributed by atoms with Gasteiger partial charge in [-0.1, -0.05) is 24.3 Å². The molecule has 0 spiro atoms. The van der Waals surface area contributed by atoms with Gasteiger partial charge in [-0.15, -0.1) is 11.3 Å². The number of hydrogen-bond acceptors (Lipinski definition) is 6. The Hall–Kier alpha value is -2.42. The molecule has 3 heterocycles. The first-order valence-electron chi connectivity index (χ1n) is 10.5. The zero-order valence-electron chi connectivity index (χ0n) is 17.5. The average Bonchev–Trinajstić information content (AvgIpc) is 3.35. The van der Waals surface area contributed by atoms with Crippen LogP contribution in [0.1, 0.15) is 10.8 Å². The molecular formula is C23H25N5OS2. The minimum Gasteiger partial charge on any atom is -0.339 e. The summed E-state index contributed by atoms with van der Waals surface area (Å²) < 4.78 is 3.32. The maximum absolute atomic E-state index is 13.1. The summed E-state index contributed by atoms with van der Waals surface area (Å²) in [6, 6.07) is 16.3. The van der Waals surface area contributed by atoms with Crippen molar-refractivity contribution >= 4 is 50.3 Å². The Bertz CT molecular complexity index is 1180. The number of thioether (sulfide) groups is 1. The zero-order valence-corrected chi connectivity index (χ0v) is 19.2. The summed E-state index contributed by atoms with van der Waals surface area (Å²) in [5.74, 6) is 1.94. The SMILES string of the molecule is CSCc1nc2ccccc2n1CC(=O)N1CCN(Cc2nc3ccccc3s2)CC1. The first-order valence-corrected chi connectivity index (χ1v) is 12.7. The van der Waals surface area contributed by atoms with Crippen molar-refractivity contribution in [3.05, 3.63) is 59.4 Å². The molecule has 0 aliphatic carbocycles. The second-order valence-corrected chi connectivity index (χ2v) is 9.75. The van der Waals surface area contributed by atoms with Gasteiger partial charge in [0.2, 0.25) is 5.91 Å². The standard InChI is InChI=1S/C23H25N5OS2/c1-30-16-21-24-17-6-2-4-8-19(17)28(21)15-23(29)27-12-10-26(11-13-27)14-22-25-18-7-3-5-9-20(18)31-22/h2-9H,10-16H2,1H3. The van der Waals surface area contributed by atoms with E-state index in [1.165, 1.54) is 4.70 Å². The number of hydrogen-bond donors (Lipinski definition) is 0. The number of imidazole rings is 1. The van der Waals surface area contributed by atoms with Gasteiger partial charge in [0.1, 0.15) is 17.4 Å². The van der Waals surface area contributed by atoms with Crippen LogP contribution in [0.4, 0.5) is 0 Å². The molecule has 160 valence electrons. The predicted octanol–water partition coefficient (Wildman–Crippen LogP) is 3.85. The summed E-state index contributed by atoms with van der Waals surface area (Å²) in [4.78, 5) is 27.0. The Morgan fingerprint density at radius 2 is 1.74 bits per heavy atom. The quantitative estimate of drug-likeness (QED) is 0.446. The van der Waals surface area contributed by atoms with Crippen LogP contribution < -0.4 is 0 Å². The molecule has 1 fully saturated rings. The molecule has 0 bridgehead atoms. The third-order valence-corrected chi connectivity index (χ3v) is 7.29. The number of piperazine rings is 1. The first kappa shape index (κ1) is 20.5. The van der Waals surface area contributed by atoms with Crippen molar-refractivity contribution in [3.63, 3.8) is 0 Å². The molecule has 2 aromatic heterocycles. The molecule has 0 unspecified atom stereocenters. The van der Waals surface area contributed by atoms with E-state index in [2.05, 4.69) is 40.0 Å². The van der Waals surface area contributed by atoms with Gasteiger partial charge in [0, 0.05) is 26.2 Å². The lowest BCUT2D eigenvalue weighted by Crippen LogP contribution is -2.49. The van der Waals surface area contributed by atoms with Crippen molar-refractivity contribution < 1.29 is 4.79 Å². The van der Waals surface area contributed by atoms with Gasteiger partial charge in [-0.2, -0.15) is 11.8 Å². The minimum atomic E-state index is 0.171. The number of rotatable bonds is 6. The molecule has 1 saturated heterocycles. The maximum Gasteiger partial charge on any atom is 0.242 e. The molecule has 0 saturated carbocycles. The summed E-state index contributed by atoms with van der Waals surface area (Å²) in [5.41, 5.74) is 3.07. The van der Waals surface area contributed by atoms with Gasteiger partial charge in [-0.3, -0.25) is 9.69 Å². The fourth-order valence-electron chi connectivity index (χ4n) is 4.11. The fraction of sp³-hybridized carbons (Fsp3) is 0.348. The summed E-state index contributed by atoms with van der Waals surface area (Å²) in [5, 5.41) is 1.15. The van der Waals surface area contributed by atoms with E-state index in [1.807, 2.05) is 29.2 Å². The second kappa shape index (κ2) is 8.98. The molecule has 0 atom stereocenters. The van der Waals surface area contributed by atoms with Gasteiger partial charge < -0.3 is 9.47 Å². The van der Waals surface area contributed by atoms with Crippen LogP contribution in [0.2, 0.25) is 0 Å². The third kappa shape index (κ3) is 4.33. The number of para-hydroxylation sites is 3. The van der Waals surface area contributed by atoms with E-state index in [9.17, 15) is 4.79 Å². The van der Waals surface area contributed by atoms with Gasteiger partial charge in [-0.25, -0.2) is 9.97 Å². The molecule has 1 aliphatic heterocycles. The van der Waals surface area contributed by atoms with E-state index < -0.39 is 0 Å². The lowest BCUT2D eigenvalue weighted by molar-refractivity contribution is -0.133. The summed E-state index contributed by atoms with van der Waals surface area (Å²) in [6.07, 6.45) is 2.07. The van der Waals surface area contributed by atoms with Crippen molar-refractivity contribution in [1.29, 1.82) is 0 Å². The number of benzene rings is 2. The molecular weight excluding hydrogens is 426 g/mol. The van der Waals surface area contributed by atoms with Crippen molar-refractivity contribution in [1.82, 2.24) is 24.3 Å². The fourth-order valence-corrected chi connectivity index (χ4v) is 5.60. The largest absolute Gasteiger partial charge is 0.339 e. The van der Waals surface area contributed by atoms with Gasteiger partial charge in [0.05, 0.1) is 33.5 Å². The van der Waals surface area contributed by atoms with Crippen LogP contribution in [0, 0.1) is 0 Å². The second-order valence-electron chi connectivity index (χ2n) is 7.77. The van der Waals surface area contributed by atoms with E-state index in [1.54, 1.807) is 23.1 Å². The van der Waals surface area contributed by atoms with E-state index in [-0.39, 0.29) is 5.91 Å². The number of aromatic nitrogens is 3. The highest BCUT2D eigenvalue weighted by Gasteiger charge is 2.23. The van der Waals surface area contributed by atoms with Crippen molar-refractivity contribution in [2.75, 3.05) is 32.4 Å². The van der Waals surface area contributed by atoms with E-state index >= 15 is 0 Å². The topological polar surface area (TPSA) is 54.3 Å². The molecule has 1 aliphatic rings. The smallest absolute Gasteiger partial charge is 0.242 e. The Morgan fingerprint density at radius 1 is 1.00 bits per heavy atom. The molecule has 6 nitrogen and oxygen atoms in total. The number of carbonyl (C=O) groups is 1. The highest BCUT2D eigenvalue weighted by molar-refractivity contribution is 7.97. The molecule has 0 radical (unpaired) electrons. The lowest BCUT2D eigenvalue weighted by atomic mass is 10.3. The summed E-state index contributed by atoms with van der Waals surface area (Å²) in [6.45, 7) is 4.48. The van der Waals surface area contributed by atoms with Crippen molar-refractivity contribution in [2.24, 2.45) is 0 Å². The normalized spacial score (nSPS) is 15.2. The van der Waals surface area contributed by atoms with Gasteiger partial charge in [0.25, 0.3) is 0 Å². The first-order chi connectivity index (χ1) is 15.2.